The molecule has 0 saturated heterocycles. The summed E-state index contributed by atoms with van der Waals surface area (Å²) in [6, 6.07) is 10.7. The molecule has 1 aromatic heterocycles. The molecule has 142 valence electrons. The van der Waals surface area contributed by atoms with E-state index in [2.05, 4.69) is 21.2 Å². The smallest absolute Gasteiger partial charge is 0.329 e. The third-order valence-electron chi connectivity index (χ3n) is 3.63. The Labute approximate surface area is 157 Å². The van der Waals surface area contributed by atoms with Crippen molar-refractivity contribution in [1.82, 2.24) is 10.7 Å². The van der Waals surface area contributed by atoms with Crippen LogP contribution in [0.5, 0.6) is 0 Å². The van der Waals surface area contributed by atoms with Gasteiger partial charge in [0.1, 0.15) is 5.76 Å². The van der Waals surface area contributed by atoms with Crippen LogP contribution in [0.4, 0.5) is 5.69 Å². The Balaban J connectivity index is 1.76. The number of hydrazone groups is 1. The lowest BCUT2D eigenvalue weighted by atomic mass is 10.1. The largest absolute Gasteiger partial charge is 0.467 e. The molecule has 0 atom stereocenters. The second-order valence-corrected chi connectivity index (χ2v) is 5.83. The molecule has 0 saturated carbocycles. The highest BCUT2D eigenvalue weighted by molar-refractivity contribution is 6.39. The van der Waals surface area contributed by atoms with Crippen LogP contribution in [0, 0.1) is 0 Å². The third-order valence-corrected chi connectivity index (χ3v) is 3.63. The fourth-order valence-electron chi connectivity index (χ4n) is 2.14. The number of rotatable bonds is 7. The molecule has 0 unspecified atom stereocenters. The van der Waals surface area contributed by atoms with Crippen LogP contribution in [0.2, 0.25) is 0 Å². The first-order valence-electron chi connectivity index (χ1n) is 8.50. The normalized spacial score (nSPS) is 11.0. The van der Waals surface area contributed by atoms with E-state index in [1.54, 1.807) is 31.2 Å². The summed E-state index contributed by atoms with van der Waals surface area (Å²) in [6.07, 6.45) is 2.39. The molecule has 0 aliphatic carbocycles. The highest BCUT2D eigenvalue weighted by Crippen LogP contribution is 2.09. The van der Waals surface area contributed by atoms with E-state index in [1.165, 1.54) is 6.26 Å². The zero-order valence-corrected chi connectivity index (χ0v) is 15.2. The molecule has 0 aliphatic rings. The van der Waals surface area contributed by atoms with E-state index >= 15 is 0 Å². The van der Waals surface area contributed by atoms with Gasteiger partial charge in [0.15, 0.2) is 0 Å². The lowest BCUT2D eigenvalue weighted by molar-refractivity contribution is -0.136. The second-order valence-electron chi connectivity index (χ2n) is 5.83. The first-order chi connectivity index (χ1) is 13.0. The number of carbonyl (C=O) groups is 3. The van der Waals surface area contributed by atoms with Gasteiger partial charge in [-0.2, -0.15) is 5.10 Å². The summed E-state index contributed by atoms with van der Waals surface area (Å²) >= 11 is 0. The average molecular weight is 370 g/mol. The zero-order chi connectivity index (χ0) is 19.6. The highest BCUT2D eigenvalue weighted by atomic mass is 16.3. The van der Waals surface area contributed by atoms with Crippen LogP contribution in [-0.2, 0) is 27.3 Å². The van der Waals surface area contributed by atoms with E-state index < -0.39 is 11.8 Å². The van der Waals surface area contributed by atoms with Gasteiger partial charge in [0.05, 0.1) is 19.2 Å². The van der Waals surface area contributed by atoms with E-state index in [0.29, 0.717) is 17.2 Å². The van der Waals surface area contributed by atoms with Crippen molar-refractivity contribution in [1.29, 1.82) is 0 Å². The summed E-state index contributed by atoms with van der Waals surface area (Å²) < 4.78 is 5.11. The molecule has 8 nitrogen and oxygen atoms in total. The minimum atomic E-state index is -0.912. The van der Waals surface area contributed by atoms with Gasteiger partial charge < -0.3 is 15.1 Å². The molecule has 1 aromatic carbocycles. The van der Waals surface area contributed by atoms with Crippen LogP contribution in [0.25, 0.3) is 0 Å². The number of nitrogens with zero attached hydrogens (tertiary/aromatic N) is 1. The van der Waals surface area contributed by atoms with Crippen LogP contribution in [0.1, 0.15) is 31.6 Å². The zero-order valence-electron chi connectivity index (χ0n) is 15.2. The lowest BCUT2D eigenvalue weighted by Gasteiger charge is -2.06. The number of anilines is 1. The van der Waals surface area contributed by atoms with Crippen molar-refractivity contribution in [2.45, 2.75) is 33.2 Å². The topological polar surface area (TPSA) is 113 Å². The van der Waals surface area contributed by atoms with E-state index in [-0.39, 0.29) is 18.9 Å². The average Bonchev–Trinajstić information content (AvgIpc) is 3.18. The van der Waals surface area contributed by atoms with E-state index in [9.17, 15) is 14.4 Å². The Bertz CT molecular complexity index is 811. The van der Waals surface area contributed by atoms with Crippen molar-refractivity contribution in [2.24, 2.45) is 5.10 Å². The molecule has 3 N–H and O–H groups in total. The summed E-state index contributed by atoms with van der Waals surface area (Å²) in [5.74, 6) is -1.39. The van der Waals surface area contributed by atoms with Crippen LogP contribution in [-0.4, -0.2) is 23.4 Å². The first kappa shape index (κ1) is 19.9. The van der Waals surface area contributed by atoms with Gasteiger partial charge in [-0.25, -0.2) is 5.43 Å². The number of amides is 3. The van der Waals surface area contributed by atoms with Crippen molar-refractivity contribution in [3.05, 3.63) is 54.0 Å². The SMILES string of the molecule is CCc1ccc(NC(=O)C(=O)N/N=C(\C)CC(=O)NCc2ccco2)cc1. The molecule has 0 spiro atoms. The molecule has 1 heterocycles. The van der Waals surface area contributed by atoms with Crippen LogP contribution in [0.3, 0.4) is 0 Å². The highest BCUT2D eigenvalue weighted by Gasteiger charge is 2.13. The summed E-state index contributed by atoms with van der Waals surface area (Å²) in [7, 11) is 0. The molecule has 2 rings (SSSR count). The fourth-order valence-corrected chi connectivity index (χ4v) is 2.14. The second kappa shape index (κ2) is 9.91. The monoisotopic (exact) mass is 370 g/mol. The number of hydrogen-bond acceptors (Lipinski definition) is 5. The maximum atomic E-state index is 11.9. The van der Waals surface area contributed by atoms with E-state index in [4.69, 9.17) is 4.42 Å². The Morgan fingerprint density at radius 2 is 1.81 bits per heavy atom. The van der Waals surface area contributed by atoms with Gasteiger partial charge in [0.2, 0.25) is 5.91 Å². The fraction of sp³-hybridized carbons (Fsp3) is 0.263. The van der Waals surface area contributed by atoms with E-state index in [1.807, 2.05) is 19.1 Å². The lowest BCUT2D eigenvalue weighted by Crippen LogP contribution is -2.33. The van der Waals surface area contributed by atoms with Gasteiger partial charge >= 0.3 is 11.8 Å². The van der Waals surface area contributed by atoms with Crippen molar-refractivity contribution < 1.29 is 18.8 Å². The van der Waals surface area contributed by atoms with Gasteiger partial charge in [-0.3, -0.25) is 14.4 Å². The molecular formula is C19H22N4O4. The summed E-state index contributed by atoms with van der Waals surface area (Å²) in [6.45, 7) is 3.87. The molecular weight excluding hydrogens is 348 g/mol. The summed E-state index contributed by atoms with van der Waals surface area (Å²) in [4.78, 5) is 35.4. The Morgan fingerprint density at radius 1 is 1.07 bits per heavy atom. The van der Waals surface area contributed by atoms with Crippen molar-refractivity contribution in [3.63, 3.8) is 0 Å². The molecule has 2 aromatic rings. The van der Waals surface area contributed by atoms with Crippen LogP contribution < -0.4 is 16.1 Å². The maximum Gasteiger partial charge on any atom is 0.329 e. The Morgan fingerprint density at radius 3 is 2.44 bits per heavy atom. The predicted octanol–water partition coefficient (Wildman–Crippen LogP) is 1.98. The number of aryl methyl sites for hydroxylation is 1. The van der Waals surface area contributed by atoms with Gasteiger partial charge in [-0.05, 0) is 43.2 Å². The van der Waals surface area contributed by atoms with Crippen molar-refractivity contribution in [2.75, 3.05) is 5.32 Å². The van der Waals surface area contributed by atoms with Crippen molar-refractivity contribution in [3.8, 4) is 0 Å². The molecule has 0 aliphatic heterocycles. The molecule has 0 fully saturated rings. The molecule has 3 amide bonds. The number of carbonyl (C=O) groups excluding carboxylic acids is 3. The predicted molar refractivity (Wildman–Crippen MR) is 101 cm³/mol. The van der Waals surface area contributed by atoms with Crippen LogP contribution >= 0.6 is 0 Å². The van der Waals surface area contributed by atoms with Crippen molar-refractivity contribution >= 4 is 29.1 Å². The molecule has 27 heavy (non-hydrogen) atoms. The third kappa shape index (κ3) is 6.77. The quantitative estimate of drug-likeness (QED) is 0.393. The summed E-state index contributed by atoms with van der Waals surface area (Å²) in [5, 5.41) is 8.92. The number of furan rings is 1. The molecule has 0 bridgehead atoms. The van der Waals surface area contributed by atoms with Crippen LogP contribution in [0.15, 0.2) is 52.2 Å². The van der Waals surface area contributed by atoms with Gasteiger partial charge in [-0.15, -0.1) is 0 Å². The number of benzene rings is 1. The Kier molecular flexibility index (Phi) is 7.30. The molecule has 8 heteroatoms. The number of hydrogen-bond donors (Lipinski definition) is 3. The number of nitrogens with one attached hydrogen (secondary N) is 3. The first-order valence-corrected chi connectivity index (χ1v) is 8.50. The van der Waals surface area contributed by atoms with E-state index in [0.717, 1.165) is 12.0 Å². The minimum Gasteiger partial charge on any atom is -0.467 e. The van der Waals surface area contributed by atoms with Gasteiger partial charge in [0, 0.05) is 11.4 Å². The standard InChI is InChI=1S/C19H22N4O4/c1-3-14-6-8-15(9-7-14)21-18(25)19(26)23-22-13(2)11-17(24)20-12-16-5-4-10-27-16/h4-10H,3,11-12H2,1-2H3,(H,20,24)(H,21,25)(H,23,26)/b22-13+. The van der Waals surface area contributed by atoms with Gasteiger partial charge in [-0.1, -0.05) is 19.1 Å². The van der Waals surface area contributed by atoms with Gasteiger partial charge in [0.25, 0.3) is 0 Å². The minimum absolute atomic E-state index is 0.0128. The summed E-state index contributed by atoms with van der Waals surface area (Å²) in [5.41, 5.74) is 4.15. The Hall–Kier alpha value is -3.42. The maximum absolute atomic E-state index is 11.9. The molecule has 0 radical (unpaired) electrons.